The van der Waals surface area contributed by atoms with Crippen LogP contribution in [0.15, 0.2) is 30.7 Å². The lowest BCUT2D eigenvalue weighted by atomic mass is 10.3. The zero-order chi connectivity index (χ0) is 12.3. The van der Waals surface area contributed by atoms with Gasteiger partial charge in [0.1, 0.15) is 0 Å². The molecular weight excluding hydrogens is 222 g/mol. The summed E-state index contributed by atoms with van der Waals surface area (Å²) in [6.07, 6.45) is 4.63. The van der Waals surface area contributed by atoms with Gasteiger partial charge in [-0.2, -0.15) is 5.10 Å². The van der Waals surface area contributed by atoms with Crippen LogP contribution in [-0.4, -0.2) is 25.8 Å². The monoisotopic (exact) mass is 233 g/mol. The number of carbonyl (C=O) groups is 1. The van der Waals surface area contributed by atoms with Gasteiger partial charge in [-0.1, -0.05) is 0 Å². The van der Waals surface area contributed by atoms with Gasteiger partial charge in [0.15, 0.2) is 17.2 Å². The Morgan fingerprint density at radius 3 is 3.06 bits per heavy atom. The number of hydrogen-bond donors (Lipinski definition) is 1. The quantitative estimate of drug-likeness (QED) is 0.871. The lowest BCUT2D eigenvalue weighted by Gasteiger charge is -2.04. The Bertz CT molecular complexity index is 536. The summed E-state index contributed by atoms with van der Waals surface area (Å²) in [4.78, 5) is 14.7. The third-order valence-corrected chi connectivity index (χ3v) is 2.13. The average molecular weight is 233 g/mol. The highest BCUT2D eigenvalue weighted by molar-refractivity contribution is 5.88. The normalized spacial score (nSPS) is 10.2. The van der Waals surface area contributed by atoms with Crippen molar-refractivity contribution >= 4 is 5.97 Å². The summed E-state index contributed by atoms with van der Waals surface area (Å²) in [6, 6.07) is 3.17. The maximum Gasteiger partial charge on any atom is 0.358 e. The van der Waals surface area contributed by atoms with E-state index >= 15 is 0 Å². The van der Waals surface area contributed by atoms with Gasteiger partial charge in [-0.3, -0.25) is 4.68 Å². The number of nitrogens with zero attached hydrogens (tertiary/aromatic N) is 3. The number of aromatic carboxylic acids is 1. The topological polar surface area (TPSA) is 77.2 Å². The second-order valence-electron chi connectivity index (χ2n) is 3.29. The first-order chi connectivity index (χ1) is 8.20. The van der Waals surface area contributed by atoms with Gasteiger partial charge < -0.3 is 9.84 Å². The number of pyridine rings is 1. The maximum atomic E-state index is 10.9. The highest BCUT2D eigenvalue weighted by Gasteiger charge is 2.13. The fourth-order valence-corrected chi connectivity index (χ4v) is 1.33. The Labute approximate surface area is 97.5 Å². The van der Waals surface area contributed by atoms with E-state index in [0.29, 0.717) is 5.75 Å². The summed E-state index contributed by atoms with van der Waals surface area (Å²) in [5.41, 5.74) is -0.114. The molecule has 6 nitrogen and oxygen atoms in total. The summed E-state index contributed by atoms with van der Waals surface area (Å²) >= 11 is 0. The lowest BCUT2D eigenvalue weighted by molar-refractivity contribution is 0.0687. The highest BCUT2D eigenvalue weighted by atomic mass is 16.5. The van der Waals surface area contributed by atoms with Crippen molar-refractivity contribution in [1.29, 1.82) is 0 Å². The Morgan fingerprint density at radius 1 is 1.59 bits per heavy atom. The largest absolute Gasteiger partial charge is 0.476 e. The van der Waals surface area contributed by atoms with Crippen LogP contribution in [0.5, 0.6) is 11.5 Å². The van der Waals surface area contributed by atoms with E-state index in [0.717, 1.165) is 6.54 Å². The molecule has 0 unspecified atom stereocenters. The molecule has 0 aliphatic heterocycles. The highest BCUT2D eigenvalue weighted by Crippen LogP contribution is 2.23. The second-order valence-corrected chi connectivity index (χ2v) is 3.29. The molecule has 1 N–H and O–H groups in total. The summed E-state index contributed by atoms with van der Waals surface area (Å²) < 4.78 is 7.11. The Balaban J connectivity index is 2.26. The van der Waals surface area contributed by atoms with Gasteiger partial charge in [0.2, 0.25) is 0 Å². The fourth-order valence-electron chi connectivity index (χ4n) is 1.33. The average Bonchev–Trinajstić information content (AvgIpc) is 2.77. The van der Waals surface area contributed by atoms with Crippen LogP contribution in [0.3, 0.4) is 0 Å². The molecule has 0 amide bonds. The van der Waals surface area contributed by atoms with Gasteiger partial charge in [0.25, 0.3) is 0 Å². The Kier molecular flexibility index (Phi) is 3.04. The minimum atomic E-state index is -1.12. The third kappa shape index (κ3) is 2.41. The van der Waals surface area contributed by atoms with Crippen molar-refractivity contribution in [1.82, 2.24) is 14.8 Å². The van der Waals surface area contributed by atoms with Crippen molar-refractivity contribution in [3.63, 3.8) is 0 Å². The zero-order valence-electron chi connectivity index (χ0n) is 9.20. The van der Waals surface area contributed by atoms with Crippen molar-refractivity contribution in [3.05, 3.63) is 36.4 Å². The van der Waals surface area contributed by atoms with Crippen LogP contribution in [0.4, 0.5) is 0 Å². The number of rotatable bonds is 4. The summed E-state index contributed by atoms with van der Waals surface area (Å²) in [6.45, 7) is 2.67. The smallest absolute Gasteiger partial charge is 0.358 e. The molecule has 0 radical (unpaired) electrons. The van der Waals surface area contributed by atoms with Gasteiger partial charge in [-0.05, 0) is 19.1 Å². The molecule has 17 heavy (non-hydrogen) atoms. The van der Waals surface area contributed by atoms with Crippen LogP contribution in [0, 0.1) is 0 Å². The molecule has 0 atom stereocenters. The molecule has 0 fully saturated rings. The van der Waals surface area contributed by atoms with Crippen LogP contribution in [0.1, 0.15) is 17.4 Å². The first kappa shape index (κ1) is 11.1. The first-order valence-corrected chi connectivity index (χ1v) is 5.09. The molecule has 2 aromatic heterocycles. The van der Waals surface area contributed by atoms with Crippen molar-refractivity contribution in [3.8, 4) is 11.5 Å². The van der Waals surface area contributed by atoms with Crippen molar-refractivity contribution in [2.75, 3.05) is 0 Å². The predicted molar refractivity (Wildman–Crippen MR) is 59.2 cm³/mol. The van der Waals surface area contributed by atoms with Gasteiger partial charge in [-0.25, -0.2) is 9.78 Å². The van der Waals surface area contributed by atoms with Gasteiger partial charge >= 0.3 is 5.97 Å². The van der Waals surface area contributed by atoms with Gasteiger partial charge in [0.05, 0.1) is 12.4 Å². The van der Waals surface area contributed by atoms with Crippen LogP contribution >= 0.6 is 0 Å². The molecule has 0 aromatic carbocycles. The zero-order valence-corrected chi connectivity index (χ0v) is 9.20. The number of aromatic nitrogens is 3. The van der Waals surface area contributed by atoms with E-state index in [2.05, 4.69) is 10.1 Å². The molecule has 0 bridgehead atoms. The van der Waals surface area contributed by atoms with E-state index in [4.69, 9.17) is 9.84 Å². The minimum Gasteiger partial charge on any atom is -0.476 e. The third-order valence-electron chi connectivity index (χ3n) is 2.13. The van der Waals surface area contributed by atoms with Crippen LogP contribution < -0.4 is 4.74 Å². The van der Waals surface area contributed by atoms with Crippen LogP contribution in [0.2, 0.25) is 0 Å². The standard InChI is InChI=1S/C11H11N3O3/c1-2-14-7-8(6-13-14)17-9-4-3-5-12-10(9)11(15)16/h3-7H,2H2,1H3,(H,15,16). The van der Waals surface area contributed by atoms with E-state index < -0.39 is 5.97 Å². The number of carboxylic acid groups (broad SMARTS) is 1. The summed E-state index contributed by atoms with van der Waals surface area (Å²) in [7, 11) is 0. The minimum absolute atomic E-state index is 0.114. The SMILES string of the molecule is CCn1cc(Oc2cccnc2C(=O)O)cn1. The van der Waals surface area contributed by atoms with Gasteiger partial charge in [-0.15, -0.1) is 0 Å². The fraction of sp³-hybridized carbons (Fsp3) is 0.182. The molecule has 2 rings (SSSR count). The number of carboxylic acids is 1. The molecule has 2 aromatic rings. The predicted octanol–water partition coefficient (Wildman–Crippen LogP) is 1.79. The van der Waals surface area contributed by atoms with Gasteiger partial charge in [0, 0.05) is 12.7 Å². The Hall–Kier alpha value is -2.37. The number of hydrogen-bond acceptors (Lipinski definition) is 4. The second kappa shape index (κ2) is 4.65. The molecule has 0 aliphatic carbocycles. The van der Waals surface area contributed by atoms with E-state index in [9.17, 15) is 4.79 Å². The van der Waals surface area contributed by atoms with Crippen LogP contribution in [-0.2, 0) is 6.54 Å². The maximum absolute atomic E-state index is 10.9. The van der Waals surface area contributed by atoms with E-state index in [-0.39, 0.29) is 11.4 Å². The molecule has 6 heteroatoms. The number of ether oxygens (including phenoxy) is 1. The Morgan fingerprint density at radius 2 is 2.41 bits per heavy atom. The van der Waals surface area contributed by atoms with E-state index in [1.807, 2.05) is 6.92 Å². The molecular formula is C11H11N3O3. The summed E-state index contributed by atoms with van der Waals surface area (Å²) in [5, 5.41) is 13.0. The lowest BCUT2D eigenvalue weighted by Crippen LogP contribution is -2.02. The molecule has 0 saturated carbocycles. The molecule has 0 saturated heterocycles. The molecule has 88 valence electrons. The van der Waals surface area contributed by atoms with E-state index in [1.54, 1.807) is 23.0 Å². The van der Waals surface area contributed by atoms with Crippen LogP contribution in [0.25, 0.3) is 0 Å². The molecule has 0 aliphatic rings. The van der Waals surface area contributed by atoms with E-state index in [1.165, 1.54) is 12.4 Å². The van der Waals surface area contributed by atoms with Crippen molar-refractivity contribution < 1.29 is 14.6 Å². The molecule has 2 heterocycles. The van der Waals surface area contributed by atoms with Crippen molar-refractivity contribution in [2.45, 2.75) is 13.5 Å². The summed E-state index contributed by atoms with van der Waals surface area (Å²) in [5.74, 6) is -0.429. The van der Waals surface area contributed by atoms with Crippen molar-refractivity contribution in [2.24, 2.45) is 0 Å². The first-order valence-electron chi connectivity index (χ1n) is 5.09. The molecule has 0 spiro atoms. The number of aryl methyl sites for hydroxylation is 1.